The van der Waals surface area contributed by atoms with Gasteiger partial charge in [-0.15, -0.1) is 11.3 Å². The highest BCUT2D eigenvalue weighted by molar-refractivity contribution is 7.09. The number of rotatable bonds is 6. The Morgan fingerprint density at radius 1 is 1.33 bits per heavy atom. The first kappa shape index (κ1) is 15.8. The summed E-state index contributed by atoms with van der Waals surface area (Å²) in [6, 6.07) is 0. The van der Waals surface area contributed by atoms with Crippen molar-refractivity contribution in [3.63, 3.8) is 0 Å². The van der Waals surface area contributed by atoms with E-state index in [0.717, 1.165) is 48.4 Å². The number of amides is 1. The lowest BCUT2D eigenvalue weighted by Gasteiger charge is -2.26. The molecule has 7 heteroatoms. The molecule has 1 amide bonds. The van der Waals surface area contributed by atoms with Crippen molar-refractivity contribution in [2.45, 2.75) is 52.4 Å². The van der Waals surface area contributed by atoms with Crippen molar-refractivity contribution in [3.05, 3.63) is 33.8 Å². The lowest BCUT2D eigenvalue weighted by atomic mass is 10.3. The molecule has 24 heavy (non-hydrogen) atoms. The fraction of sp³-hybridized carbons (Fsp3) is 0.588. The lowest BCUT2D eigenvalue weighted by Crippen LogP contribution is -2.33. The zero-order chi connectivity index (χ0) is 16.5. The average Bonchev–Trinajstić information content (AvgIpc) is 3.12. The summed E-state index contributed by atoms with van der Waals surface area (Å²) in [5, 5.41) is 6.25. The number of hydrogen-bond acceptors (Lipinski definition) is 5. The van der Waals surface area contributed by atoms with Gasteiger partial charge >= 0.3 is 0 Å². The van der Waals surface area contributed by atoms with Crippen molar-refractivity contribution in [3.8, 4) is 0 Å². The number of imidazole rings is 1. The van der Waals surface area contributed by atoms with Gasteiger partial charge < -0.3 is 9.88 Å². The maximum atomic E-state index is 11.8. The Morgan fingerprint density at radius 3 is 2.96 bits per heavy atom. The summed E-state index contributed by atoms with van der Waals surface area (Å²) in [6.45, 7) is 6.25. The SMILES string of the molecule is Cc1nc(CN2CCn3cc(CNC(=O)CC4CC4)nc3C2)cs1. The summed E-state index contributed by atoms with van der Waals surface area (Å²) in [5.74, 6) is 1.87. The third kappa shape index (κ3) is 3.84. The summed E-state index contributed by atoms with van der Waals surface area (Å²) in [5.41, 5.74) is 2.10. The van der Waals surface area contributed by atoms with Crippen LogP contribution in [0.25, 0.3) is 0 Å². The smallest absolute Gasteiger partial charge is 0.220 e. The zero-order valence-corrected chi connectivity index (χ0v) is 14.8. The summed E-state index contributed by atoms with van der Waals surface area (Å²) >= 11 is 1.70. The van der Waals surface area contributed by atoms with Crippen LogP contribution in [0.1, 0.15) is 41.5 Å². The minimum Gasteiger partial charge on any atom is -0.350 e. The molecule has 3 heterocycles. The largest absolute Gasteiger partial charge is 0.350 e. The topological polar surface area (TPSA) is 63.1 Å². The molecule has 0 saturated heterocycles. The van der Waals surface area contributed by atoms with Gasteiger partial charge in [0.05, 0.1) is 29.5 Å². The van der Waals surface area contributed by atoms with E-state index in [0.29, 0.717) is 18.9 Å². The third-order valence-electron chi connectivity index (χ3n) is 4.62. The van der Waals surface area contributed by atoms with Gasteiger partial charge in [-0.2, -0.15) is 0 Å². The fourth-order valence-corrected chi connectivity index (χ4v) is 3.74. The molecule has 0 bridgehead atoms. The molecule has 1 N–H and O–H groups in total. The third-order valence-corrected chi connectivity index (χ3v) is 5.44. The summed E-state index contributed by atoms with van der Waals surface area (Å²) < 4.78 is 2.21. The van der Waals surface area contributed by atoms with Crippen molar-refractivity contribution in [2.75, 3.05) is 6.54 Å². The van der Waals surface area contributed by atoms with E-state index in [1.54, 1.807) is 11.3 Å². The standard InChI is InChI=1S/C17H23N5OS/c1-12-19-15(11-24-12)8-21-4-5-22-9-14(20-16(22)10-21)7-18-17(23)6-13-2-3-13/h9,11,13H,2-8,10H2,1H3,(H,18,23). The molecule has 0 aromatic carbocycles. The number of nitrogens with zero attached hydrogens (tertiary/aromatic N) is 4. The van der Waals surface area contributed by atoms with Crippen molar-refractivity contribution in [1.82, 2.24) is 24.8 Å². The monoisotopic (exact) mass is 345 g/mol. The van der Waals surface area contributed by atoms with Crippen LogP contribution in [0.3, 0.4) is 0 Å². The molecule has 1 fully saturated rings. The summed E-state index contributed by atoms with van der Waals surface area (Å²) in [4.78, 5) is 23.4. The second-order valence-corrected chi connectivity index (χ2v) is 7.90. The first-order valence-electron chi connectivity index (χ1n) is 8.60. The first-order chi connectivity index (χ1) is 11.7. The van der Waals surface area contributed by atoms with Crippen molar-refractivity contribution in [2.24, 2.45) is 5.92 Å². The molecule has 1 saturated carbocycles. The van der Waals surface area contributed by atoms with E-state index in [1.807, 2.05) is 6.92 Å². The number of carbonyl (C=O) groups excluding carboxylic acids is 1. The molecule has 128 valence electrons. The molecule has 0 atom stereocenters. The van der Waals surface area contributed by atoms with Gasteiger partial charge in [0.25, 0.3) is 0 Å². The van der Waals surface area contributed by atoms with E-state index < -0.39 is 0 Å². The second kappa shape index (κ2) is 6.64. The molecular weight excluding hydrogens is 322 g/mol. The quantitative estimate of drug-likeness (QED) is 0.871. The molecule has 0 unspecified atom stereocenters. The maximum absolute atomic E-state index is 11.8. The molecule has 0 radical (unpaired) electrons. The van der Waals surface area contributed by atoms with Crippen molar-refractivity contribution in [1.29, 1.82) is 0 Å². The number of aromatic nitrogens is 3. The van der Waals surface area contributed by atoms with Crippen LogP contribution in [0.15, 0.2) is 11.6 Å². The van der Waals surface area contributed by atoms with E-state index in [2.05, 4.69) is 31.3 Å². The minimum absolute atomic E-state index is 0.156. The van der Waals surface area contributed by atoms with Gasteiger partial charge in [0, 0.05) is 37.6 Å². The van der Waals surface area contributed by atoms with E-state index in [-0.39, 0.29) is 5.91 Å². The van der Waals surface area contributed by atoms with Gasteiger partial charge in [0.15, 0.2) is 0 Å². The number of hydrogen-bond donors (Lipinski definition) is 1. The molecule has 2 aromatic heterocycles. The minimum atomic E-state index is 0.156. The van der Waals surface area contributed by atoms with Crippen LogP contribution in [-0.2, 0) is 31.0 Å². The normalized spacial score (nSPS) is 17.7. The molecule has 1 aliphatic carbocycles. The summed E-state index contributed by atoms with van der Waals surface area (Å²) in [7, 11) is 0. The van der Waals surface area contributed by atoms with E-state index >= 15 is 0 Å². The molecular formula is C17H23N5OS. The second-order valence-electron chi connectivity index (χ2n) is 6.83. The van der Waals surface area contributed by atoms with Crippen LogP contribution in [0.4, 0.5) is 0 Å². The van der Waals surface area contributed by atoms with Crippen LogP contribution >= 0.6 is 11.3 Å². The highest BCUT2D eigenvalue weighted by Crippen LogP contribution is 2.32. The highest BCUT2D eigenvalue weighted by Gasteiger charge is 2.24. The number of fused-ring (bicyclic) bond motifs is 1. The predicted molar refractivity (Wildman–Crippen MR) is 92.4 cm³/mol. The Balaban J connectivity index is 1.32. The Labute approximate surface area is 145 Å². The molecule has 4 rings (SSSR count). The Bertz CT molecular complexity index is 733. The van der Waals surface area contributed by atoms with Gasteiger partial charge in [-0.05, 0) is 25.7 Å². The van der Waals surface area contributed by atoms with Crippen molar-refractivity contribution >= 4 is 17.2 Å². The first-order valence-corrected chi connectivity index (χ1v) is 9.48. The van der Waals surface area contributed by atoms with E-state index in [9.17, 15) is 4.79 Å². The number of nitrogens with one attached hydrogen (secondary N) is 1. The number of aryl methyl sites for hydroxylation is 1. The van der Waals surface area contributed by atoms with E-state index in [1.165, 1.54) is 12.8 Å². The van der Waals surface area contributed by atoms with Gasteiger partial charge in [0.2, 0.25) is 5.91 Å². The molecule has 2 aliphatic rings. The van der Waals surface area contributed by atoms with Gasteiger partial charge in [0.1, 0.15) is 5.82 Å². The van der Waals surface area contributed by atoms with Gasteiger partial charge in [-0.1, -0.05) is 0 Å². The predicted octanol–water partition coefficient (Wildman–Crippen LogP) is 2.08. The number of carbonyl (C=O) groups is 1. The van der Waals surface area contributed by atoms with E-state index in [4.69, 9.17) is 4.98 Å². The summed E-state index contributed by atoms with van der Waals surface area (Å²) in [6.07, 6.45) is 5.17. The molecule has 2 aromatic rings. The van der Waals surface area contributed by atoms with Crippen LogP contribution in [0.2, 0.25) is 0 Å². The van der Waals surface area contributed by atoms with Gasteiger partial charge in [-0.25, -0.2) is 9.97 Å². The van der Waals surface area contributed by atoms with Crippen LogP contribution in [-0.4, -0.2) is 31.9 Å². The Kier molecular flexibility index (Phi) is 4.37. The van der Waals surface area contributed by atoms with Crippen molar-refractivity contribution < 1.29 is 4.79 Å². The van der Waals surface area contributed by atoms with Gasteiger partial charge in [-0.3, -0.25) is 9.69 Å². The maximum Gasteiger partial charge on any atom is 0.220 e. The Morgan fingerprint density at radius 2 is 2.21 bits per heavy atom. The van der Waals surface area contributed by atoms with Crippen LogP contribution in [0, 0.1) is 12.8 Å². The highest BCUT2D eigenvalue weighted by atomic mass is 32.1. The number of thiazole rings is 1. The molecule has 1 aliphatic heterocycles. The fourth-order valence-electron chi connectivity index (χ4n) is 3.14. The zero-order valence-electron chi connectivity index (χ0n) is 14.0. The Hall–Kier alpha value is -1.73. The van der Waals surface area contributed by atoms with Crippen LogP contribution in [0.5, 0.6) is 0 Å². The molecule has 0 spiro atoms. The molecule has 6 nitrogen and oxygen atoms in total. The average molecular weight is 345 g/mol. The van der Waals surface area contributed by atoms with Crippen LogP contribution < -0.4 is 5.32 Å². The lowest BCUT2D eigenvalue weighted by molar-refractivity contribution is -0.121.